The van der Waals surface area contributed by atoms with Gasteiger partial charge in [-0.25, -0.2) is 4.79 Å². The van der Waals surface area contributed by atoms with E-state index in [0.29, 0.717) is 26.2 Å². The minimum absolute atomic E-state index is 0.0318. The standard InChI is InChI=1S/C42H83NO6/c1-4-7-10-13-16-17-20-29-38-48-41(45)32-25-21-26-33-43(35-36-44)34-27-22-28-37-47-39-42(46)49-40(30-23-18-14-11-8-5-2)31-24-19-15-12-9-6-3/h40,44H,4-39H2,1-3H3. The molecule has 7 heteroatoms. The highest BCUT2D eigenvalue weighted by atomic mass is 16.6. The Balaban J connectivity index is 3.97. The Morgan fingerprint density at radius 3 is 1.49 bits per heavy atom. The minimum atomic E-state index is -0.215. The van der Waals surface area contributed by atoms with Crippen molar-refractivity contribution in [2.75, 3.05) is 46.1 Å². The molecule has 0 spiro atoms. The summed E-state index contributed by atoms with van der Waals surface area (Å²) in [6.07, 6.45) is 33.4. The van der Waals surface area contributed by atoms with Crippen LogP contribution in [0.4, 0.5) is 0 Å². The van der Waals surface area contributed by atoms with Crippen LogP contribution in [0.3, 0.4) is 0 Å². The Hall–Kier alpha value is -1.18. The van der Waals surface area contributed by atoms with Crippen molar-refractivity contribution in [3.8, 4) is 0 Å². The quantitative estimate of drug-likeness (QED) is 0.0504. The Kier molecular flexibility index (Phi) is 38.6. The number of nitrogens with zero attached hydrogens (tertiary/aromatic N) is 1. The molecule has 0 bridgehead atoms. The molecule has 0 aliphatic rings. The maximum atomic E-state index is 12.5. The van der Waals surface area contributed by atoms with Gasteiger partial charge in [0.25, 0.3) is 0 Å². The topological polar surface area (TPSA) is 85.3 Å². The zero-order chi connectivity index (χ0) is 35.9. The maximum absolute atomic E-state index is 12.5. The van der Waals surface area contributed by atoms with Crippen LogP contribution in [0.25, 0.3) is 0 Å². The van der Waals surface area contributed by atoms with Crippen molar-refractivity contribution in [1.82, 2.24) is 4.90 Å². The minimum Gasteiger partial charge on any atom is -0.466 e. The molecule has 0 saturated heterocycles. The number of rotatable bonds is 40. The van der Waals surface area contributed by atoms with Crippen LogP contribution in [0.1, 0.15) is 207 Å². The summed E-state index contributed by atoms with van der Waals surface area (Å²) in [6, 6.07) is 0. The van der Waals surface area contributed by atoms with Crippen molar-refractivity contribution in [2.24, 2.45) is 0 Å². The molecule has 0 aromatic rings. The summed E-state index contributed by atoms with van der Waals surface area (Å²) in [5.41, 5.74) is 0. The van der Waals surface area contributed by atoms with Crippen LogP contribution in [-0.2, 0) is 23.8 Å². The van der Waals surface area contributed by atoms with E-state index in [4.69, 9.17) is 14.2 Å². The van der Waals surface area contributed by atoms with E-state index in [9.17, 15) is 14.7 Å². The van der Waals surface area contributed by atoms with Crippen molar-refractivity contribution in [3.05, 3.63) is 0 Å². The molecule has 0 aromatic carbocycles. The van der Waals surface area contributed by atoms with Gasteiger partial charge in [-0.15, -0.1) is 0 Å². The van der Waals surface area contributed by atoms with Crippen molar-refractivity contribution in [1.29, 1.82) is 0 Å². The van der Waals surface area contributed by atoms with Gasteiger partial charge in [-0.3, -0.25) is 4.79 Å². The van der Waals surface area contributed by atoms with Gasteiger partial charge < -0.3 is 24.2 Å². The Morgan fingerprint density at radius 1 is 0.510 bits per heavy atom. The lowest BCUT2D eigenvalue weighted by Crippen LogP contribution is -2.29. The highest BCUT2D eigenvalue weighted by molar-refractivity contribution is 5.70. The van der Waals surface area contributed by atoms with E-state index in [1.54, 1.807) is 0 Å². The summed E-state index contributed by atoms with van der Waals surface area (Å²) in [5.74, 6) is -0.278. The van der Waals surface area contributed by atoms with Crippen LogP contribution in [0.5, 0.6) is 0 Å². The third-order valence-corrected chi connectivity index (χ3v) is 9.57. The molecule has 0 fully saturated rings. The lowest BCUT2D eigenvalue weighted by atomic mass is 10.0. The largest absolute Gasteiger partial charge is 0.466 e. The second kappa shape index (κ2) is 39.6. The first-order chi connectivity index (χ1) is 24.1. The van der Waals surface area contributed by atoms with Crippen LogP contribution in [0.15, 0.2) is 0 Å². The number of ether oxygens (including phenoxy) is 3. The predicted molar refractivity (Wildman–Crippen MR) is 206 cm³/mol. The van der Waals surface area contributed by atoms with Gasteiger partial charge in [-0.2, -0.15) is 0 Å². The molecule has 0 aliphatic carbocycles. The Bertz CT molecular complexity index is 674. The molecule has 0 radical (unpaired) electrons. The molecule has 7 nitrogen and oxygen atoms in total. The summed E-state index contributed by atoms with van der Waals surface area (Å²) in [5, 5.41) is 9.50. The number of hydrogen-bond acceptors (Lipinski definition) is 7. The van der Waals surface area contributed by atoms with Crippen LogP contribution in [0, 0.1) is 0 Å². The number of aliphatic hydroxyl groups excluding tert-OH is 1. The van der Waals surface area contributed by atoms with Gasteiger partial charge in [-0.1, -0.05) is 136 Å². The van der Waals surface area contributed by atoms with Crippen molar-refractivity contribution in [3.63, 3.8) is 0 Å². The molecular formula is C42H83NO6. The monoisotopic (exact) mass is 698 g/mol. The fourth-order valence-corrected chi connectivity index (χ4v) is 6.41. The summed E-state index contributed by atoms with van der Waals surface area (Å²) >= 11 is 0. The fourth-order valence-electron chi connectivity index (χ4n) is 6.41. The van der Waals surface area contributed by atoms with E-state index < -0.39 is 0 Å². The molecule has 0 aromatic heterocycles. The smallest absolute Gasteiger partial charge is 0.332 e. The highest BCUT2D eigenvalue weighted by Crippen LogP contribution is 2.17. The lowest BCUT2D eigenvalue weighted by Gasteiger charge is -2.21. The van der Waals surface area contributed by atoms with E-state index in [1.165, 1.54) is 103 Å². The van der Waals surface area contributed by atoms with E-state index in [1.807, 2.05) is 0 Å². The van der Waals surface area contributed by atoms with Gasteiger partial charge in [0.2, 0.25) is 0 Å². The Labute approximate surface area is 304 Å². The number of unbranched alkanes of at least 4 members (excludes halogenated alkanes) is 21. The molecule has 0 amide bonds. The van der Waals surface area contributed by atoms with Crippen molar-refractivity contribution in [2.45, 2.75) is 213 Å². The fraction of sp³-hybridized carbons (Fsp3) is 0.952. The summed E-state index contributed by atoms with van der Waals surface area (Å²) in [4.78, 5) is 26.9. The molecule has 49 heavy (non-hydrogen) atoms. The zero-order valence-electron chi connectivity index (χ0n) is 33.0. The van der Waals surface area contributed by atoms with Gasteiger partial charge in [0.15, 0.2) is 0 Å². The third-order valence-electron chi connectivity index (χ3n) is 9.57. The molecule has 0 heterocycles. The van der Waals surface area contributed by atoms with E-state index in [2.05, 4.69) is 25.7 Å². The first kappa shape index (κ1) is 47.8. The normalized spacial score (nSPS) is 11.6. The van der Waals surface area contributed by atoms with E-state index in [-0.39, 0.29) is 31.3 Å². The average molecular weight is 698 g/mol. The SMILES string of the molecule is CCCCCCCCCCOC(=O)CCCCCN(CCO)CCCCCOCC(=O)OC(CCCCCCCC)CCCCCCCC. The van der Waals surface area contributed by atoms with Gasteiger partial charge in [0.05, 0.1) is 13.2 Å². The highest BCUT2D eigenvalue weighted by Gasteiger charge is 2.15. The number of carbonyl (C=O) groups is 2. The van der Waals surface area contributed by atoms with Gasteiger partial charge >= 0.3 is 11.9 Å². The third kappa shape index (κ3) is 36.4. The predicted octanol–water partition coefficient (Wildman–Crippen LogP) is 11.1. The summed E-state index contributed by atoms with van der Waals surface area (Å²) < 4.78 is 17.0. The molecular weight excluding hydrogens is 614 g/mol. The van der Waals surface area contributed by atoms with Crippen molar-refractivity contribution >= 4 is 11.9 Å². The summed E-state index contributed by atoms with van der Waals surface area (Å²) in [6.45, 7) is 10.7. The molecule has 0 saturated carbocycles. The molecule has 292 valence electrons. The van der Waals surface area contributed by atoms with Crippen LogP contribution in [0.2, 0.25) is 0 Å². The summed E-state index contributed by atoms with van der Waals surface area (Å²) in [7, 11) is 0. The molecule has 0 aliphatic heterocycles. The molecule has 0 atom stereocenters. The van der Waals surface area contributed by atoms with E-state index >= 15 is 0 Å². The number of hydrogen-bond donors (Lipinski definition) is 1. The average Bonchev–Trinajstić information content (AvgIpc) is 3.09. The van der Waals surface area contributed by atoms with E-state index in [0.717, 1.165) is 90.1 Å². The molecule has 1 N–H and O–H groups in total. The second-order valence-corrected chi connectivity index (χ2v) is 14.4. The zero-order valence-corrected chi connectivity index (χ0v) is 33.0. The van der Waals surface area contributed by atoms with Crippen molar-refractivity contribution < 1.29 is 28.9 Å². The second-order valence-electron chi connectivity index (χ2n) is 14.4. The van der Waals surface area contributed by atoms with Gasteiger partial charge in [-0.05, 0) is 77.3 Å². The molecule has 0 unspecified atom stereocenters. The number of esters is 2. The van der Waals surface area contributed by atoms with Gasteiger partial charge in [0, 0.05) is 19.6 Å². The van der Waals surface area contributed by atoms with Gasteiger partial charge in [0.1, 0.15) is 12.7 Å². The number of carbonyl (C=O) groups excluding carboxylic acids is 2. The first-order valence-corrected chi connectivity index (χ1v) is 21.3. The van der Waals surface area contributed by atoms with Crippen LogP contribution < -0.4 is 0 Å². The van der Waals surface area contributed by atoms with Crippen LogP contribution >= 0.6 is 0 Å². The number of aliphatic hydroxyl groups is 1. The molecule has 0 rings (SSSR count). The van der Waals surface area contributed by atoms with Crippen LogP contribution in [-0.4, -0.2) is 74.1 Å². The lowest BCUT2D eigenvalue weighted by molar-refractivity contribution is -0.155. The maximum Gasteiger partial charge on any atom is 0.332 e. The Morgan fingerprint density at radius 2 is 0.959 bits per heavy atom. The first-order valence-electron chi connectivity index (χ1n) is 21.3.